The van der Waals surface area contributed by atoms with Crippen LogP contribution in [0.3, 0.4) is 0 Å². The molecule has 0 aliphatic heterocycles. The second-order valence-electron chi connectivity index (χ2n) is 1.77. The lowest BCUT2D eigenvalue weighted by Crippen LogP contribution is -2.26. The van der Waals surface area contributed by atoms with Crippen molar-refractivity contribution in [1.82, 2.24) is 0 Å². The van der Waals surface area contributed by atoms with Crippen molar-refractivity contribution in [3.8, 4) is 0 Å². The molecule has 0 atom stereocenters. The fraction of sp³-hybridized carbons (Fsp3) is 0.333. The number of Topliss-reactive ketones (excluding diaryl/α,β-unsaturated/α-hetero) is 4. The van der Waals surface area contributed by atoms with Crippen molar-refractivity contribution in [2.24, 2.45) is 0 Å². The lowest BCUT2D eigenvalue weighted by Gasteiger charge is -1.86. The highest BCUT2D eigenvalue weighted by Gasteiger charge is 2.21. The van der Waals surface area contributed by atoms with Crippen LogP contribution >= 0.6 is 0 Å². The molecular weight excluding hydrogens is 136 g/mol. The molecule has 54 valence electrons. The van der Waals surface area contributed by atoms with Gasteiger partial charge in [0.05, 0.1) is 0 Å². The summed E-state index contributed by atoms with van der Waals surface area (Å²) in [6.45, 7) is 1.90. The van der Waals surface area contributed by atoms with Crippen LogP contribution in [0.1, 0.15) is 13.8 Å². The number of hydrogen-bond acceptors (Lipinski definition) is 4. The molecular formula is C6H6O4. The summed E-state index contributed by atoms with van der Waals surface area (Å²) in [6, 6.07) is 0. The van der Waals surface area contributed by atoms with Crippen LogP contribution in [-0.4, -0.2) is 23.1 Å². The van der Waals surface area contributed by atoms with Gasteiger partial charge < -0.3 is 0 Å². The highest BCUT2D eigenvalue weighted by molar-refractivity contribution is 6.77. The van der Waals surface area contributed by atoms with E-state index in [0.717, 1.165) is 13.8 Å². The molecule has 0 spiro atoms. The van der Waals surface area contributed by atoms with Gasteiger partial charge in [-0.1, -0.05) is 0 Å². The molecule has 4 heteroatoms. The largest absolute Gasteiger partial charge is 0.291 e. The molecule has 0 unspecified atom stereocenters. The highest BCUT2D eigenvalue weighted by Crippen LogP contribution is 1.80. The van der Waals surface area contributed by atoms with Crippen LogP contribution in [0.2, 0.25) is 0 Å². The van der Waals surface area contributed by atoms with Gasteiger partial charge in [0, 0.05) is 13.8 Å². The van der Waals surface area contributed by atoms with Gasteiger partial charge in [0.15, 0.2) is 0 Å². The van der Waals surface area contributed by atoms with E-state index < -0.39 is 23.1 Å². The van der Waals surface area contributed by atoms with Crippen LogP contribution in [0.5, 0.6) is 0 Å². The average molecular weight is 142 g/mol. The van der Waals surface area contributed by atoms with E-state index in [1.165, 1.54) is 0 Å². The maximum absolute atomic E-state index is 10.4. The third kappa shape index (κ3) is 1.89. The first-order valence-electron chi connectivity index (χ1n) is 2.57. The topological polar surface area (TPSA) is 68.3 Å². The van der Waals surface area contributed by atoms with Gasteiger partial charge in [0.2, 0.25) is 11.6 Å². The summed E-state index contributed by atoms with van der Waals surface area (Å²) in [7, 11) is 0. The summed E-state index contributed by atoms with van der Waals surface area (Å²) >= 11 is 0. The van der Waals surface area contributed by atoms with Gasteiger partial charge >= 0.3 is 0 Å². The van der Waals surface area contributed by atoms with E-state index in [1.807, 2.05) is 0 Å². The van der Waals surface area contributed by atoms with Crippen molar-refractivity contribution in [1.29, 1.82) is 0 Å². The van der Waals surface area contributed by atoms with Crippen LogP contribution in [0.25, 0.3) is 0 Å². The summed E-state index contributed by atoms with van der Waals surface area (Å²) in [6.07, 6.45) is 0. The van der Waals surface area contributed by atoms with Crippen LogP contribution in [0, 0.1) is 0 Å². The number of hydrogen-bond donors (Lipinski definition) is 0. The van der Waals surface area contributed by atoms with Gasteiger partial charge in [-0.25, -0.2) is 0 Å². The van der Waals surface area contributed by atoms with E-state index in [-0.39, 0.29) is 0 Å². The summed E-state index contributed by atoms with van der Waals surface area (Å²) in [4.78, 5) is 41.1. The molecule has 10 heavy (non-hydrogen) atoms. The number of carbonyl (C=O) groups is 4. The maximum Gasteiger partial charge on any atom is 0.271 e. The van der Waals surface area contributed by atoms with Crippen molar-refractivity contribution in [3.05, 3.63) is 0 Å². The van der Waals surface area contributed by atoms with Gasteiger partial charge in [-0.3, -0.25) is 19.2 Å². The Morgan fingerprint density at radius 3 is 1.00 bits per heavy atom. The van der Waals surface area contributed by atoms with E-state index in [2.05, 4.69) is 0 Å². The zero-order chi connectivity index (χ0) is 8.31. The van der Waals surface area contributed by atoms with Crippen molar-refractivity contribution < 1.29 is 19.2 Å². The fourth-order valence-corrected chi connectivity index (χ4v) is 0.320. The lowest BCUT2D eigenvalue weighted by atomic mass is 10.1. The van der Waals surface area contributed by atoms with Crippen molar-refractivity contribution in [2.45, 2.75) is 13.8 Å². The minimum absolute atomic E-state index is 0.903. The molecule has 0 bridgehead atoms. The van der Waals surface area contributed by atoms with Crippen molar-refractivity contribution >= 4 is 23.1 Å². The number of rotatable bonds is 3. The lowest BCUT2D eigenvalue weighted by molar-refractivity contribution is -0.147. The fourth-order valence-electron chi connectivity index (χ4n) is 0.320. The molecule has 4 nitrogen and oxygen atoms in total. The summed E-state index contributed by atoms with van der Waals surface area (Å²) in [5.41, 5.74) is 0. The first-order chi connectivity index (χ1) is 4.46. The monoisotopic (exact) mass is 142 g/mol. The molecule has 0 fully saturated rings. The van der Waals surface area contributed by atoms with Crippen LogP contribution in [-0.2, 0) is 19.2 Å². The summed E-state index contributed by atoms with van der Waals surface area (Å²) in [5.74, 6) is -4.29. The molecule has 0 aromatic rings. The Hall–Kier alpha value is -1.32. The van der Waals surface area contributed by atoms with Gasteiger partial charge in [0.1, 0.15) is 0 Å². The standard InChI is InChI=1S/C6H6O4/c1-3(7)5(9)6(10)4(2)8/h1-2H3. The summed E-state index contributed by atoms with van der Waals surface area (Å²) in [5, 5.41) is 0. The van der Waals surface area contributed by atoms with E-state index in [4.69, 9.17) is 0 Å². The van der Waals surface area contributed by atoms with Crippen LogP contribution in [0.15, 0.2) is 0 Å². The van der Waals surface area contributed by atoms with Gasteiger partial charge in [-0.05, 0) is 0 Å². The zero-order valence-electron chi connectivity index (χ0n) is 5.63. The Morgan fingerprint density at radius 1 is 0.700 bits per heavy atom. The van der Waals surface area contributed by atoms with E-state index in [1.54, 1.807) is 0 Å². The van der Waals surface area contributed by atoms with Crippen molar-refractivity contribution in [3.63, 3.8) is 0 Å². The number of carbonyl (C=O) groups excluding carboxylic acids is 4. The predicted octanol–water partition coefficient (Wildman–Crippen LogP) is -0.697. The molecule has 0 saturated carbocycles. The molecule has 0 radical (unpaired) electrons. The molecule has 0 aliphatic rings. The van der Waals surface area contributed by atoms with Gasteiger partial charge in [-0.2, -0.15) is 0 Å². The van der Waals surface area contributed by atoms with Crippen LogP contribution < -0.4 is 0 Å². The Balaban J connectivity index is 4.39. The van der Waals surface area contributed by atoms with E-state index in [9.17, 15) is 19.2 Å². The van der Waals surface area contributed by atoms with Gasteiger partial charge in [-0.15, -0.1) is 0 Å². The second-order valence-corrected chi connectivity index (χ2v) is 1.77. The molecule has 0 rings (SSSR count). The molecule has 0 saturated heterocycles. The third-order valence-corrected chi connectivity index (χ3v) is 0.846. The molecule has 0 aliphatic carbocycles. The SMILES string of the molecule is CC(=O)C(=O)C(=O)C(C)=O. The second kappa shape index (κ2) is 3.00. The Bertz CT molecular complexity index is 190. The predicted molar refractivity (Wildman–Crippen MR) is 31.4 cm³/mol. The molecule has 0 aromatic carbocycles. The maximum atomic E-state index is 10.4. The number of ketones is 4. The molecule has 0 amide bonds. The normalized spacial score (nSPS) is 8.60. The first-order valence-corrected chi connectivity index (χ1v) is 2.57. The first kappa shape index (κ1) is 8.68. The Morgan fingerprint density at radius 2 is 0.900 bits per heavy atom. The Kier molecular flexibility index (Phi) is 2.61. The zero-order valence-corrected chi connectivity index (χ0v) is 5.63. The Labute approximate surface area is 57.2 Å². The van der Waals surface area contributed by atoms with E-state index in [0.29, 0.717) is 0 Å². The minimum Gasteiger partial charge on any atom is -0.291 e. The molecule has 0 heterocycles. The van der Waals surface area contributed by atoms with Gasteiger partial charge in [0.25, 0.3) is 11.6 Å². The molecule has 0 N–H and O–H groups in total. The van der Waals surface area contributed by atoms with E-state index >= 15 is 0 Å². The third-order valence-electron chi connectivity index (χ3n) is 0.846. The highest BCUT2D eigenvalue weighted by atomic mass is 16.2. The minimum atomic E-state index is -1.24. The smallest absolute Gasteiger partial charge is 0.271 e. The average Bonchev–Trinajstić information content (AvgIpc) is 1.84. The summed E-state index contributed by atoms with van der Waals surface area (Å²) < 4.78 is 0. The van der Waals surface area contributed by atoms with Crippen molar-refractivity contribution in [2.75, 3.05) is 0 Å². The quantitative estimate of drug-likeness (QED) is 0.386. The molecule has 0 aromatic heterocycles. The van der Waals surface area contributed by atoms with Crippen LogP contribution in [0.4, 0.5) is 0 Å².